The number of nitrogens with zero attached hydrogens (tertiary/aromatic N) is 2. The maximum Gasteiger partial charge on any atom is 0.270 e. The number of nitrogens with one attached hydrogen (secondary N) is 1. The van der Waals surface area contributed by atoms with E-state index >= 15 is 0 Å². The summed E-state index contributed by atoms with van der Waals surface area (Å²) >= 11 is 0. The van der Waals surface area contributed by atoms with E-state index in [0.29, 0.717) is 23.1 Å². The average molecular weight is 383 g/mol. The van der Waals surface area contributed by atoms with E-state index in [0.717, 1.165) is 32.1 Å². The zero-order valence-corrected chi connectivity index (χ0v) is 16.4. The fourth-order valence-electron chi connectivity index (χ4n) is 6.19. The summed E-state index contributed by atoms with van der Waals surface area (Å²) in [5, 5.41) is 0.709. The van der Waals surface area contributed by atoms with Gasteiger partial charge in [-0.1, -0.05) is 31.9 Å². The van der Waals surface area contributed by atoms with E-state index in [2.05, 4.69) is 11.9 Å². The van der Waals surface area contributed by atoms with Gasteiger partial charge >= 0.3 is 0 Å². The third-order valence-corrected chi connectivity index (χ3v) is 7.39. The fourth-order valence-corrected chi connectivity index (χ4v) is 6.19. The van der Waals surface area contributed by atoms with Gasteiger partial charge in [-0.15, -0.1) is 0 Å². The smallest absolute Gasteiger partial charge is 0.270 e. The van der Waals surface area contributed by atoms with Gasteiger partial charge < -0.3 is 14.8 Å². The quantitative estimate of drug-likeness (QED) is 0.816. The van der Waals surface area contributed by atoms with Gasteiger partial charge in [0.25, 0.3) is 5.91 Å². The molecular weight excluding hydrogens is 357 g/mol. The number of hydrogen-bond donors (Lipinski definition) is 1. The zero-order chi connectivity index (χ0) is 19.6. The van der Waals surface area contributed by atoms with Gasteiger partial charge in [-0.05, 0) is 31.4 Å². The minimum atomic E-state index is -0.346. The average Bonchev–Trinajstić information content (AvgIpc) is 3.13. The number of aromatic amines is 1. The Balaban J connectivity index is 1.56. The highest BCUT2D eigenvalue weighted by Crippen LogP contribution is 2.53. The van der Waals surface area contributed by atoms with E-state index in [4.69, 9.17) is 0 Å². The number of hydrogen-bond acceptors (Lipinski definition) is 2. The lowest BCUT2D eigenvalue weighted by Crippen LogP contribution is -2.55. The van der Waals surface area contributed by atoms with Gasteiger partial charge in [0.1, 0.15) is 11.5 Å². The van der Waals surface area contributed by atoms with Crippen molar-refractivity contribution in [2.75, 3.05) is 6.54 Å². The van der Waals surface area contributed by atoms with E-state index in [9.17, 15) is 14.0 Å². The minimum Gasteiger partial charge on any atom is -0.348 e. The van der Waals surface area contributed by atoms with Gasteiger partial charge in [-0.2, -0.15) is 0 Å². The highest BCUT2D eigenvalue weighted by molar-refractivity contribution is 5.98. The number of carbonyl (C=O) groups is 2. The molecule has 2 bridgehead atoms. The SMILES string of the molecule is CC(=O)N1C[C@@H]2C[C@@]3(C)[C@H](CCCC[C@@H]13)N2C(=O)c1cc2cccc(F)c2[nH]1. The topological polar surface area (TPSA) is 56.4 Å². The first kappa shape index (κ1) is 17.7. The highest BCUT2D eigenvalue weighted by Gasteiger charge is 2.60. The van der Waals surface area contributed by atoms with Crippen LogP contribution in [-0.4, -0.2) is 51.3 Å². The van der Waals surface area contributed by atoms with Gasteiger partial charge in [-0.3, -0.25) is 9.59 Å². The predicted molar refractivity (Wildman–Crippen MR) is 104 cm³/mol. The summed E-state index contributed by atoms with van der Waals surface area (Å²) in [6.45, 7) is 4.50. The first-order valence-electron chi connectivity index (χ1n) is 10.3. The molecule has 1 saturated carbocycles. The van der Waals surface area contributed by atoms with E-state index in [1.165, 1.54) is 6.07 Å². The monoisotopic (exact) mass is 383 g/mol. The molecule has 3 fully saturated rings. The Morgan fingerprint density at radius 1 is 1.21 bits per heavy atom. The van der Waals surface area contributed by atoms with Crippen molar-refractivity contribution in [3.8, 4) is 0 Å². The molecule has 1 aromatic heterocycles. The number of amides is 2. The molecule has 2 amide bonds. The Kier molecular flexibility index (Phi) is 3.83. The van der Waals surface area contributed by atoms with Crippen molar-refractivity contribution >= 4 is 22.7 Å². The Morgan fingerprint density at radius 2 is 1.96 bits per heavy atom. The van der Waals surface area contributed by atoms with Gasteiger partial charge in [-0.25, -0.2) is 4.39 Å². The van der Waals surface area contributed by atoms with E-state index in [-0.39, 0.29) is 41.2 Å². The van der Waals surface area contributed by atoms with Crippen LogP contribution in [-0.2, 0) is 4.79 Å². The standard InChI is InChI=1S/C22H26FN3O2/c1-13(27)25-12-15-11-22(2)18(25)8-3-4-9-19(22)26(15)21(28)17-10-14-6-5-7-16(23)20(14)24-17/h5-7,10,15,18-19,24H,3-4,8-9,11-12H2,1-2H3/t15-,18+,19-,22+/m0/s1. The fraction of sp³-hybridized carbons (Fsp3) is 0.545. The number of para-hydroxylation sites is 1. The lowest BCUT2D eigenvalue weighted by Gasteiger charge is -2.46. The molecule has 2 saturated heterocycles. The number of halogens is 1. The summed E-state index contributed by atoms with van der Waals surface area (Å²) in [4.78, 5) is 33.0. The number of likely N-dealkylation sites (tertiary alicyclic amines) is 2. The normalized spacial score (nSPS) is 31.9. The molecule has 0 unspecified atom stereocenters. The van der Waals surface area contributed by atoms with Crippen LogP contribution in [0.5, 0.6) is 0 Å². The van der Waals surface area contributed by atoms with Crippen LogP contribution in [0.3, 0.4) is 0 Å². The molecule has 3 heterocycles. The summed E-state index contributed by atoms with van der Waals surface area (Å²) in [6, 6.07) is 6.97. The van der Waals surface area contributed by atoms with Crippen LogP contribution < -0.4 is 0 Å². The maximum atomic E-state index is 14.1. The molecule has 2 aliphatic heterocycles. The second-order valence-electron chi connectivity index (χ2n) is 8.95. The third kappa shape index (κ3) is 2.36. The number of H-pyrrole nitrogens is 1. The van der Waals surface area contributed by atoms with Crippen LogP contribution in [0.1, 0.15) is 56.4 Å². The Bertz CT molecular complexity index is 970. The van der Waals surface area contributed by atoms with Gasteiger partial charge in [0.05, 0.1) is 11.6 Å². The molecule has 5 rings (SSSR count). The van der Waals surface area contributed by atoms with Gasteiger partial charge in [0.2, 0.25) is 5.91 Å². The maximum absolute atomic E-state index is 14.1. The number of carbonyl (C=O) groups excluding carboxylic acids is 2. The summed E-state index contributed by atoms with van der Waals surface area (Å²) < 4.78 is 14.1. The zero-order valence-electron chi connectivity index (χ0n) is 16.4. The molecular formula is C22H26FN3O2. The lowest BCUT2D eigenvalue weighted by molar-refractivity contribution is -0.136. The third-order valence-electron chi connectivity index (χ3n) is 7.39. The van der Waals surface area contributed by atoms with E-state index < -0.39 is 0 Å². The molecule has 2 aromatic rings. The van der Waals surface area contributed by atoms with E-state index in [1.54, 1.807) is 19.1 Å². The molecule has 28 heavy (non-hydrogen) atoms. The van der Waals surface area contributed by atoms with Crippen molar-refractivity contribution in [2.45, 2.75) is 64.1 Å². The van der Waals surface area contributed by atoms with Crippen molar-refractivity contribution in [1.82, 2.24) is 14.8 Å². The molecule has 148 valence electrons. The lowest BCUT2D eigenvalue weighted by atomic mass is 9.71. The summed E-state index contributed by atoms with van der Waals surface area (Å²) in [5.74, 6) is -0.315. The summed E-state index contributed by atoms with van der Waals surface area (Å²) in [5.41, 5.74) is 0.743. The molecule has 1 aliphatic carbocycles. The molecule has 4 atom stereocenters. The Labute approximate surface area is 163 Å². The Hall–Kier alpha value is -2.37. The van der Waals surface area contributed by atoms with E-state index in [1.807, 2.05) is 15.9 Å². The molecule has 3 aliphatic rings. The van der Waals surface area contributed by atoms with Crippen LogP contribution in [0.2, 0.25) is 0 Å². The van der Waals surface area contributed by atoms with Gasteiger partial charge in [0, 0.05) is 36.4 Å². The van der Waals surface area contributed by atoms with Crippen molar-refractivity contribution < 1.29 is 14.0 Å². The number of fused-ring (bicyclic) bond motifs is 2. The molecule has 0 radical (unpaired) electrons. The van der Waals surface area contributed by atoms with Crippen LogP contribution in [0.15, 0.2) is 24.3 Å². The van der Waals surface area contributed by atoms with Crippen molar-refractivity contribution in [3.63, 3.8) is 0 Å². The number of piperidine rings is 1. The number of aromatic nitrogens is 1. The largest absolute Gasteiger partial charge is 0.348 e. The molecule has 1 N–H and O–H groups in total. The second-order valence-corrected chi connectivity index (χ2v) is 8.95. The second kappa shape index (κ2) is 6.06. The van der Waals surface area contributed by atoms with Crippen molar-refractivity contribution in [3.05, 3.63) is 35.8 Å². The first-order chi connectivity index (χ1) is 13.4. The van der Waals surface area contributed by atoms with Crippen molar-refractivity contribution in [1.29, 1.82) is 0 Å². The summed E-state index contributed by atoms with van der Waals surface area (Å²) in [6.07, 6.45) is 5.08. The number of benzene rings is 1. The summed E-state index contributed by atoms with van der Waals surface area (Å²) in [7, 11) is 0. The molecule has 5 nitrogen and oxygen atoms in total. The van der Waals surface area contributed by atoms with Crippen molar-refractivity contribution in [2.24, 2.45) is 5.41 Å². The first-order valence-corrected chi connectivity index (χ1v) is 10.3. The van der Waals surface area contributed by atoms with Gasteiger partial charge in [0.15, 0.2) is 0 Å². The highest BCUT2D eigenvalue weighted by atomic mass is 19.1. The van der Waals surface area contributed by atoms with Crippen LogP contribution in [0, 0.1) is 11.2 Å². The minimum absolute atomic E-state index is 0.0250. The van der Waals surface area contributed by atoms with Crippen LogP contribution >= 0.6 is 0 Å². The van der Waals surface area contributed by atoms with Crippen LogP contribution in [0.4, 0.5) is 4.39 Å². The predicted octanol–water partition coefficient (Wildman–Crippen LogP) is 3.70. The molecule has 0 spiro atoms. The number of rotatable bonds is 1. The van der Waals surface area contributed by atoms with Crippen LogP contribution in [0.25, 0.3) is 10.9 Å². The molecule has 1 aromatic carbocycles. The molecule has 6 heteroatoms. The Morgan fingerprint density at radius 3 is 2.68 bits per heavy atom.